The van der Waals surface area contributed by atoms with Gasteiger partial charge < -0.3 is 33.8 Å². The van der Waals surface area contributed by atoms with Gasteiger partial charge in [0.2, 0.25) is 0 Å². The third-order valence-electron chi connectivity index (χ3n) is 16.8. The van der Waals surface area contributed by atoms with Crippen molar-refractivity contribution in [3.05, 3.63) is 0 Å². The summed E-state index contributed by atoms with van der Waals surface area (Å²) in [5.41, 5.74) is 0. The van der Waals surface area contributed by atoms with E-state index in [0.29, 0.717) is 25.7 Å². The molecular formula is C72H140O17P2. The number of phosphoric acid groups is 2. The number of carbonyl (C=O) groups excluding carboxylic acids is 4. The third-order valence-corrected chi connectivity index (χ3v) is 18.7. The normalized spacial score (nSPS) is 14.0. The minimum atomic E-state index is -4.95. The predicted octanol–water partition coefficient (Wildman–Crippen LogP) is 20.9. The standard InChI is InChI=1S/C72H140O17P2/c1-6-9-12-15-18-21-22-23-24-25-26-27-28-31-35-38-43-48-53-58-72(77)89-68(62-83-70(75)56-51-46-42-37-34-32-29-30-33-36-39-44-49-54-65(4)5)64-87-91(80,81)85-60-66(73)59-84-90(78,79)86-63-67(88-71(76)57-52-47-41-20-17-14-11-8-3)61-82-69(74)55-50-45-40-19-16-13-10-7-2/h65-68,73H,6-64H2,1-5H3,(H,78,79)(H,80,81)/t66-,67+,68+/m0/s1. The van der Waals surface area contributed by atoms with Gasteiger partial charge in [0.1, 0.15) is 19.3 Å². The summed E-state index contributed by atoms with van der Waals surface area (Å²) in [6, 6.07) is 0. The monoisotopic (exact) mass is 1340 g/mol. The van der Waals surface area contributed by atoms with Gasteiger partial charge in [0, 0.05) is 25.7 Å². The van der Waals surface area contributed by atoms with Crippen LogP contribution in [-0.2, 0) is 65.4 Å². The molecule has 0 amide bonds. The Bertz CT molecular complexity index is 1750. The number of unbranched alkanes of at least 4 members (excludes halogenated alkanes) is 44. The second-order valence-electron chi connectivity index (χ2n) is 26.5. The molecule has 0 aliphatic carbocycles. The smallest absolute Gasteiger partial charge is 0.462 e. The molecule has 0 aromatic heterocycles. The molecule has 0 spiro atoms. The van der Waals surface area contributed by atoms with Crippen molar-refractivity contribution in [2.45, 2.75) is 393 Å². The first-order valence-corrected chi connectivity index (χ1v) is 40.6. The van der Waals surface area contributed by atoms with Gasteiger partial charge in [-0.1, -0.05) is 324 Å². The van der Waals surface area contributed by atoms with Gasteiger partial charge in [-0.3, -0.25) is 37.3 Å². The average Bonchev–Trinajstić information content (AvgIpc) is 3.66. The van der Waals surface area contributed by atoms with Crippen molar-refractivity contribution >= 4 is 39.5 Å². The van der Waals surface area contributed by atoms with E-state index in [2.05, 4.69) is 34.6 Å². The molecule has 91 heavy (non-hydrogen) atoms. The topological polar surface area (TPSA) is 237 Å². The summed E-state index contributed by atoms with van der Waals surface area (Å²) >= 11 is 0. The average molecular weight is 1340 g/mol. The summed E-state index contributed by atoms with van der Waals surface area (Å²) < 4.78 is 68.2. The van der Waals surface area contributed by atoms with E-state index in [1.807, 2.05) is 0 Å². The summed E-state index contributed by atoms with van der Waals surface area (Å²) in [4.78, 5) is 72.4. The second-order valence-corrected chi connectivity index (χ2v) is 29.4. The molecule has 0 fully saturated rings. The van der Waals surface area contributed by atoms with Crippen LogP contribution in [0.4, 0.5) is 0 Å². The summed E-state index contributed by atoms with van der Waals surface area (Å²) in [7, 11) is -9.89. The van der Waals surface area contributed by atoms with E-state index in [9.17, 15) is 43.2 Å². The minimum Gasteiger partial charge on any atom is -0.462 e. The maximum atomic E-state index is 13.1. The SMILES string of the molecule is CCCCCCCCCCCCCCCCCCCCCC(=O)O[C@H](COC(=O)CCCCCCCCCCCCCCCC(C)C)COP(=O)(O)OC[C@@H](O)COP(=O)(O)OC[C@@H](COC(=O)CCCCCCCCCC)OC(=O)CCCCCCCCCC. The van der Waals surface area contributed by atoms with Gasteiger partial charge in [-0.25, -0.2) is 9.13 Å². The number of aliphatic hydroxyl groups excluding tert-OH is 1. The van der Waals surface area contributed by atoms with E-state index >= 15 is 0 Å². The van der Waals surface area contributed by atoms with E-state index in [4.69, 9.17) is 37.0 Å². The predicted molar refractivity (Wildman–Crippen MR) is 368 cm³/mol. The molecule has 5 atom stereocenters. The van der Waals surface area contributed by atoms with E-state index in [1.54, 1.807) is 0 Å². The van der Waals surface area contributed by atoms with Crippen molar-refractivity contribution in [1.82, 2.24) is 0 Å². The second kappa shape index (κ2) is 65.4. The Kier molecular flexibility index (Phi) is 64.0. The van der Waals surface area contributed by atoms with Crippen molar-refractivity contribution in [1.29, 1.82) is 0 Å². The van der Waals surface area contributed by atoms with Gasteiger partial charge in [0.25, 0.3) is 0 Å². The van der Waals surface area contributed by atoms with Crippen LogP contribution in [0, 0.1) is 5.92 Å². The van der Waals surface area contributed by atoms with Crippen LogP contribution < -0.4 is 0 Å². The molecular weight excluding hydrogens is 1200 g/mol. The van der Waals surface area contributed by atoms with E-state index in [-0.39, 0.29) is 25.7 Å². The van der Waals surface area contributed by atoms with Crippen LogP contribution in [0.3, 0.4) is 0 Å². The molecule has 19 heteroatoms. The number of esters is 4. The Labute approximate surface area is 556 Å². The zero-order valence-electron chi connectivity index (χ0n) is 59.0. The number of hydrogen-bond donors (Lipinski definition) is 3. The fourth-order valence-electron chi connectivity index (χ4n) is 11.0. The van der Waals surface area contributed by atoms with Gasteiger partial charge in [-0.2, -0.15) is 0 Å². The van der Waals surface area contributed by atoms with Gasteiger partial charge in [0.05, 0.1) is 26.4 Å². The molecule has 3 N–H and O–H groups in total. The highest BCUT2D eigenvalue weighted by Gasteiger charge is 2.30. The van der Waals surface area contributed by atoms with Crippen LogP contribution >= 0.6 is 15.6 Å². The Balaban J connectivity index is 5.16. The van der Waals surface area contributed by atoms with Crippen molar-refractivity contribution in [2.24, 2.45) is 5.92 Å². The number of hydrogen-bond acceptors (Lipinski definition) is 15. The van der Waals surface area contributed by atoms with Gasteiger partial charge in [0.15, 0.2) is 12.2 Å². The van der Waals surface area contributed by atoms with Crippen LogP contribution in [0.2, 0.25) is 0 Å². The first kappa shape index (κ1) is 89.1. The quantitative estimate of drug-likeness (QED) is 0.0222. The van der Waals surface area contributed by atoms with E-state index in [0.717, 1.165) is 109 Å². The number of aliphatic hydroxyl groups is 1. The number of rotatable bonds is 72. The molecule has 0 saturated carbocycles. The maximum Gasteiger partial charge on any atom is 0.472 e. The molecule has 0 saturated heterocycles. The first-order valence-electron chi connectivity index (χ1n) is 37.6. The highest BCUT2D eigenvalue weighted by atomic mass is 31.2. The zero-order chi connectivity index (χ0) is 67.0. The van der Waals surface area contributed by atoms with Gasteiger partial charge in [-0.05, 0) is 31.6 Å². The maximum absolute atomic E-state index is 13.1. The van der Waals surface area contributed by atoms with Crippen molar-refractivity contribution in [3.8, 4) is 0 Å². The summed E-state index contributed by atoms with van der Waals surface area (Å²) in [5.74, 6) is -1.33. The largest absolute Gasteiger partial charge is 0.472 e. The van der Waals surface area contributed by atoms with Crippen LogP contribution in [0.5, 0.6) is 0 Å². The Morgan fingerprint density at radius 2 is 0.505 bits per heavy atom. The van der Waals surface area contributed by atoms with Crippen LogP contribution in [0.1, 0.15) is 375 Å². The number of ether oxygens (including phenoxy) is 4. The Hall–Kier alpha value is -1.94. The van der Waals surface area contributed by atoms with Crippen molar-refractivity contribution in [3.63, 3.8) is 0 Å². The third kappa shape index (κ3) is 66.5. The lowest BCUT2D eigenvalue weighted by Crippen LogP contribution is -2.30. The van der Waals surface area contributed by atoms with Crippen molar-refractivity contribution < 1.29 is 80.2 Å². The first-order chi connectivity index (χ1) is 44.0. The number of phosphoric ester groups is 2. The minimum absolute atomic E-state index is 0.105. The molecule has 0 bridgehead atoms. The lowest BCUT2D eigenvalue weighted by Gasteiger charge is -2.21. The lowest BCUT2D eigenvalue weighted by atomic mass is 10.0. The molecule has 17 nitrogen and oxygen atoms in total. The molecule has 0 radical (unpaired) electrons. The summed E-state index contributed by atoms with van der Waals surface area (Å²) in [6.45, 7) is 7.22. The summed E-state index contributed by atoms with van der Waals surface area (Å²) in [5, 5.41) is 10.6. The zero-order valence-corrected chi connectivity index (χ0v) is 60.8. The Morgan fingerprint density at radius 1 is 0.297 bits per heavy atom. The van der Waals surface area contributed by atoms with E-state index in [1.165, 1.54) is 186 Å². The molecule has 0 aliphatic heterocycles. The highest BCUT2D eigenvalue weighted by Crippen LogP contribution is 2.45. The van der Waals surface area contributed by atoms with Crippen LogP contribution in [0.15, 0.2) is 0 Å². The van der Waals surface area contributed by atoms with Crippen LogP contribution in [0.25, 0.3) is 0 Å². The molecule has 0 aliphatic rings. The fourth-order valence-corrected chi connectivity index (χ4v) is 12.6. The highest BCUT2D eigenvalue weighted by molar-refractivity contribution is 7.47. The molecule has 0 aromatic carbocycles. The van der Waals surface area contributed by atoms with Gasteiger partial charge in [-0.15, -0.1) is 0 Å². The van der Waals surface area contributed by atoms with Gasteiger partial charge >= 0.3 is 39.5 Å². The van der Waals surface area contributed by atoms with Crippen molar-refractivity contribution in [2.75, 3.05) is 39.6 Å². The Morgan fingerprint density at radius 3 is 0.747 bits per heavy atom. The number of carbonyl (C=O) groups is 4. The lowest BCUT2D eigenvalue weighted by molar-refractivity contribution is -0.161. The van der Waals surface area contributed by atoms with E-state index < -0.39 is 97.5 Å². The molecule has 540 valence electrons. The summed E-state index contributed by atoms with van der Waals surface area (Å²) in [6.07, 6.45) is 52.9. The molecule has 0 rings (SSSR count). The molecule has 0 aromatic rings. The molecule has 0 heterocycles. The molecule has 2 unspecified atom stereocenters. The fraction of sp³-hybridized carbons (Fsp3) is 0.944. The van der Waals surface area contributed by atoms with Crippen LogP contribution in [-0.4, -0.2) is 96.7 Å².